The van der Waals surface area contributed by atoms with Crippen molar-refractivity contribution in [3.05, 3.63) is 35.9 Å². The second-order valence-corrected chi connectivity index (χ2v) is 7.05. The minimum absolute atomic E-state index is 0. The average molecular weight is 342 g/mol. The van der Waals surface area contributed by atoms with Gasteiger partial charge in [0, 0.05) is 0 Å². The van der Waals surface area contributed by atoms with Gasteiger partial charge in [0.05, 0.1) is 6.61 Å². The first-order valence-corrected chi connectivity index (χ1v) is 8.35. The van der Waals surface area contributed by atoms with Gasteiger partial charge in [-0.05, 0) is 43.1 Å². The molecule has 0 aromatic heterocycles. The van der Waals surface area contributed by atoms with Crippen molar-refractivity contribution in [1.29, 1.82) is 0 Å². The third kappa shape index (κ3) is 5.39. The minimum Gasteiger partial charge on any atom is -1.00 e. The maximum absolute atomic E-state index is 12.5. The molecule has 0 spiro atoms. The summed E-state index contributed by atoms with van der Waals surface area (Å²) in [6, 6.07) is 10.1. The number of esters is 1. The molecule has 130 valence electrons. The smallest absolute Gasteiger partial charge is 1.00 e. The van der Waals surface area contributed by atoms with E-state index >= 15 is 0 Å². The zero-order valence-corrected chi connectivity index (χ0v) is 15.0. The summed E-state index contributed by atoms with van der Waals surface area (Å²) in [5, 5.41) is 11.2. The first-order chi connectivity index (χ1) is 10.4. The van der Waals surface area contributed by atoms with Crippen LogP contribution in [-0.4, -0.2) is 40.6 Å². The molecule has 1 aliphatic carbocycles. The Balaban J connectivity index is 0. The van der Waals surface area contributed by atoms with Gasteiger partial charge in [0.15, 0.2) is 23.0 Å². The standard InChI is InChI=1S/C19H28O3.Al.Li.4H/c1-4-22-17(20)19(21,16-12-8-9-13-16)14-18(2,3)15-10-6-5-7-11-15;;;;;;/h5-7,10-11,16,21H,4,8-9,12-14H2,1-3H3;;;;;;/q;;+1;;;;-1. The van der Waals surface area contributed by atoms with Crippen molar-refractivity contribution in [2.24, 2.45) is 5.92 Å². The van der Waals surface area contributed by atoms with E-state index in [1.54, 1.807) is 6.92 Å². The van der Waals surface area contributed by atoms with E-state index in [2.05, 4.69) is 26.0 Å². The van der Waals surface area contributed by atoms with Crippen LogP contribution in [0.2, 0.25) is 0 Å². The Bertz CT molecular complexity index is 507. The predicted octanol–water partition coefficient (Wildman–Crippen LogP) is -0.229. The molecule has 2 rings (SSSR count). The van der Waals surface area contributed by atoms with Gasteiger partial charge in [0.1, 0.15) is 0 Å². The van der Waals surface area contributed by atoms with Crippen LogP contribution in [0.5, 0.6) is 0 Å². The summed E-state index contributed by atoms with van der Waals surface area (Å²) in [7, 11) is 0. The molecule has 0 amide bonds. The second kappa shape index (κ2) is 10.1. The van der Waals surface area contributed by atoms with Crippen molar-refractivity contribution in [3.8, 4) is 0 Å². The fourth-order valence-electron chi connectivity index (χ4n) is 3.71. The van der Waals surface area contributed by atoms with Crippen LogP contribution in [0.3, 0.4) is 0 Å². The zero-order chi connectivity index (χ0) is 16.2. The molecule has 0 saturated heterocycles. The van der Waals surface area contributed by atoms with Gasteiger partial charge in [-0.15, -0.1) is 0 Å². The van der Waals surface area contributed by atoms with E-state index in [0.717, 1.165) is 31.2 Å². The minimum atomic E-state index is -1.38. The molecule has 3 nitrogen and oxygen atoms in total. The second-order valence-electron chi connectivity index (χ2n) is 7.05. The van der Waals surface area contributed by atoms with Crippen LogP contribution in [0, 0.1) is 5.92 Å². The van der Waals surface area contributed by atoms with E-state index < -0.39 is 11.6 Å². The van der Waals surface area contributed by atoms with E-state index in [0.29, 0.717) is 13.0 Å². The first-order valence-electron chi connectivity index (χ1n) is 8.35. The molecule has 1 N–H and O–H groups in total. The summed E-state index contributed by atoms with van der Waals surface area (Å²) in [6.45, 7) is 6.26. The summed E-state index contributed by atoms with van der Waals surface area (Å²) in [4.78, 5) is 12.5. The zero-order valence-electron chi connectivity index (χ0n) is 16.0. The summed E-state index contributed by atoms with van der Waals surface area (Å²) >= 11 is 0. The number of carbonyl (C=O) groups excluding carboxylic acids is 1. The van der Waals surface area contributed by atoms with Gasteiger partial charge in [-0.25, -0.2) is 4.79 Å². The maximum atomic E-state index is 12.5. The van der Waals surface area contributed by atoms with Crippen LogP contribution >= 0.6 is 0 Å². The molecule has 0 bridgehead atoms. The van der Waals surface area contributed by atoms with Crippen LogP contribution in [0.25, 0.3) is 0 Å². The molecule has 0 radical (unpaired) electrons. The van der Waals surface area contributed by atoms with E-state index in [1.807, 2.05) is 18.2 Å². The van der Waals surface area contributed by atoms with Gasteiger partial charge in [0.2, 0.25) is 0 Å². The van der Waals surface area contributed by atoms with Crippen molar-refractivity contribution in [2.45, 2.75) is 63.9 Å². The van der Waals surface area contributed by atoms with Crippen molar-refractivity contribution in [3.63, 3.8) is 0 Å². The van der Waals surface area contributed by atoms with Crippen molar-refractivity contribution >= 4 is 23.3 Å². The summed E-state index contributed by atoms with van der Waals surface area (Å²) in [5.41, 5.74) is -0.535. The van der Waals surface area contributed by atoms with E-state index in [1.165, 1.54) is 0 Å². The van der Waals surface area contributed by atoms with Gasteiger partial charge in [-0.2, -0.15) is 0 Å². The van der Waals surface area contributed by atoms with Gasteiger partial charge in [0.25, 0.3) is 0 Å². The van der Waals surface area contributed by atoms with E-state index in [4.69, 9.17) is 4.74 Å². The molecule has 1 fully saturated rings. The van der Waals surface area contributed by atoms with Crippen molar-refractivity contribution in [2.75, 3.05) is 6.61 Å². The van der Waals surface area contributed by atoms with Gasteiger partial charge in [-0.1, -0.05) is 57.0 Å². The summed E-state index contributed by atoms with van der Waals surface area (Å²) < 4.78 is 5.21. The van der Waals surface area contributed by atoms with Crippen LogP contribution in [0.1, 0.15) is 59.9 Å². The largest absolute Gasteiger partial charge is 1.00 e. The fourth-order valence-corrected chi connectivity index (χ4v) is 3.71. The van der Waals surface area contributed by atoms with Crippen LogP contribution in [-0.2, 0) is 14.9 Å². The predicted molar refractivity (Wildman–Crippen MR) is 98.7 cm³/mol. The Labute approximate surface area is 170 Å². The van der Waals surface area contributed by atoms with Crippen LogP contribution < -0.4 is 18.9 Å². The number of ether oxygens (including phenoxy) is 1. The molecule has 1 aliphatic rings. The SMILES string of the molecule is CCOC(=O)C(O)(CC(C)(C)c1ccccc1)C1CCCC1.[AlH3].[H-].[Li+]. The maximum Gasteiger partial charge on any atom is 1.00 e. The Morgan fingerprint density at radius 3 is 2.29 bits per heavy atom. The summed E-state index contributed by atoms with van der Waals surface area (Å²) in [5.74, 6) is -0.444. The summed E-state index contributed by atoms with van der Waals surface area (Å²) in [6.07, 6.45) is 4.37. The molecule has 0 aliphatic heterocycles. The monoisotopic (exact) mass is 342 g/mol. The molecule has 1 atom stereocenters. The Kier molecular flexibility index (Phi) is 9.96. The third-order valence-electron chi connectivity index (χ3n) is 4.93. The topological polar surface area (TPSA) is 46.5 Å². The average Bonchev–Trinajstić information content (AvgIpc) is 3.03. The van der Waals surface area contributed by atoms with Crippen LogP contribution in [0.15, 0.2) is 30.3 Å². The fraction of sp³-hybridized carbons (Fsp3) is 0.632. The Hall–Kier alpha value is -0.220. The number of aliphatic hydroxyl groups is 1. The third-order valence-corrected chi connectivity index (χ3v) is 4.93. The normalized spacial score (nSPS) is 17.3. The Morgan fingerprint density at radius 1 is 1.25 bits per heavy atom. The number of hydrogen-bond donors (Lipinski definition) is 1. The van der Waals surface area contributed by atoms with Gasteiger partial charge >= 0.3 is 24.8 Å². The van der Waals surface area contributed by atoms with Crippen molar-refractivity contribution < 1.29 is 34.9 Å². The van der Waals surface area contributed by atoms with Gasteiger partial charge in [-0.3, -0.25) is 0 Å². The molecule has 24 heavy (non-hydrogen) atoms. The Morgan fingerprint density at radius 2 is 1.79 bits per heavy atom. The molecule has 0 heterocycles. The number of hydrogen-bond acceptors (Lipinski definition) is 3. The molecule has 1 unspecified atom stereocenters. The van der Waals surface area contributed by atoms with E-state index in [-0.39, 0.29) is 49.0 Å². The molecule has 1 aromatic carbocycles. The molecular weight excluding hydrogens is 310 g/mol. The molecule has 1 saturated carbocycles. The van der Waals surface area contributed by atoms with Crippen molar-refractivity contribution in [1.82, 2.24) is 0 Å². The number of carbonyl (C=O) groups is 1. The first kappa shape index (κ1) is 23.8. The van der Waals surface area contributed by atoms with Gasteiger partial charge < -0.3 is 11.3 Å². The van der Waals surface area contributed by atoms with Crippen LogP contribution in [0.4, 0.5) is 0 Å². The number of rotatable bonds is 6. The molecule has 5 heteroatoms. The number of benzene rings is 1. The quantitative estimate of drug-likeness (QED) is 0.574. The molecular formula is C19H32AlLiO3. The van der Waals surface area contributed by atoms with E-state index in [9.17, 15) is 9.90 Å². The molecule has 1 aromatic rings.